The number of likely N-dealkylation sites (N-methyl/N-ethyl adjacent to an activating group) is 1. The van der Waals surface area contributed by atoms with Crippen molar-refractivity contribution < 1.29 is 13.2 Å². The Morgan fingerprint density at radius 1 is 0.875 bits per heavy atom. The fourth-order valence-electron chi connectivity index (χ4n) is 3.33. The zero-order chi connectivity index (χ0) is 23.5. The molecule has 0 atom stereocenters. The first-order valence-electron chi connectivity index (χ1n) is 10.2. The van der Waals surface area contributed by atoms with Crippen LogP contribution in [0, 0.1) is 20.8 Å². The Hall–Kier alpha value is -2.83. The van der Waals surface area contributed by atoms with Crippen LogP contribution in [0.3, 0.4) is 0 Å². The minimum Gasteiger partial charge on any atom is -0.340 e. The Morgan fingerprint density at radius 2 is 1.44 bits per heavy atom. The third kappa shape index (κ3) is 5.50. The molecule has 168 valence electrons. The number of sulfonamides is 1. The van der Waals surface area contributed by atoms with Crippen LogP contribution in [0.2, 0.25) is 5.02 Å². The van der Waals surface area contributed by atoms with Gasteiger partial charge in [-0.3, -0.25) is 9.10 Å². The number of hydrogen-bond acceptors (Lipinski definition) is 3. The first kappa shape index (κ1) is 23.8. The second-order valence-corrected chi connectivity index (χ2v) is 10.3. The van der Waals surface area contributed by atoms with E-state index in [2.05, 4.69) is 0 Å². The number of aryl methyl sites for hydroxylation is 3. The monoisotopic (exact) mass is 470 g/mol. The van der Waals surface area contributed by atoms with Crippen LogP contribution in [0.25, 0.3) is 0 Å². The fourth-order valence-corrected chi connectivity index (χ4v) is 5.04. The molecule has 0 spiro atoms. The summed E-state index contributed by atoms with van der Waals surface area (Å²) in [6.07, 6.45) is 0. The molecule has 32 heavy (non-hydrogen) atoms. The Balaban J connectivity index is 1.94. The van der Waals surface area contributed by atoms with Crippen molar-refractivity contribution in [3.8, 4) is 0 Å². The molecule has 3 rings (SSSR count). The Bertz CT molecular complexity index is 1210. The summed E-state index contributed by atoms with van der Waals surface area (Å²) in [5, 5.41) is 0.502. The molecule has 0 saturated carbocycles. The molecule has 7 heteroatoms. The van der Waals surface area contributed by atoms with Gasteiger partial charge in [-0.1, -0.05) is 59.1 Å². The van der Waals surface area contributed by atoms with E-state index in [-0.39, 0.29) is 17.3 Å². The van der Waals surface area contributed by atoms with Crippen LogP contribution < -0.4 is 4.31 Å². The van der Waals surface area contributed by atoms with Crippen LogP contribution in [0.5, 0.6) is 0 Å². The van der Waals surface area contributed by atoms with Crippen LogP contribution >= 0.6 is 11.6 Å². The normalized spacial score (nSPS) is 11.3. The zero-order valence-corrected chi connectivity index (χ0v) is 20.2. The van der Waals surface area contributed by atoms with Crippen LogP contribution in [-0.2, 0) is 21.4 Å². The van der Waals surface area contributed by atoms with Gasteiger partial charge >= 0.3 is 0 Å². The van der Waals surface area contributed by atoms with Crippen molar-refractivity contribution in [3.63, 3.8) is 0 Å². The molecule has 5 nitrogen and oxygen atoms in total. The molecule has 0 fully saturated rings. The number of halogens is 1. The van der Waals surface area contributed by atoms with E-state index in [1.165, 1.54) is 4.90 Å². The summed E-state index contributed by atoms with van der Waals surface area (Å²) in [4.78, 5) is 14.8. The molecular formula is C25H27ClN2O3S. The predicted molar refractivity (Wildman–Crippen MR) is 130 cm³/mol. The minimum absolute atomic E-state index is 0.131. The van der Waals surface area contributed by atoms with Crippen molar-refractivity contribution in [2.24, 2.45) is 0 Å². The molecule has 0 heterocycles. The van der Waals surface area contributed by atoms with E-state index in [4.69, 9.17) is 11.6 Å². The number of amides is 1. The van der Waals surface area contributed by atoms with Gasteiger partial charge in [-0.15, -0.1) is 0 Å². The third-order valence-corrected chi connectivity index (χ3v) is 7.29. The van der Waals surface area contributed by atoms with Gasteiger partial charge in [-0.25, -0.2) is 8.42 Å². The lowest BCUT2D eigenvalue weighted by molar-refractivity contribution is -0.128. The molecule has 0 radical (unpaired) electrons. The topological polar surface area (TPSA) is 57.7 Å². The third-order valence-electron chi connectivity index (χ3n) is 5.28. The summed E-state index contributed by atoms with van der Waals surface area (Å²) >= 11 is 6.08. The van der Waals surface area contributed by atoms with Gasteiger partial charge in [0.1, 0.15) is 6.54 Å². The highest BCUT2D eigenvalue weighted by Crippen LogP contribution is 2.29. The number of hydrogen-bond donors (Lipinski definition) is 0. The number of anilines is 1. The number of nitrogens with zero attached hydrogens (tertiary/aromatic N) is 2. The Labute approximate surface area is 195 Å². The van der Waals surface area contributed by atoms with Gasteiger partial charge in [0.2, 0.25) is 5.91 Å². The molecule has 3 aromatic carbocycles. The minimum atomic E-state index is -3.97. The Morgan fingerprint density at radius 3 is 2.00 bits per heavy atom. The summed E-state index contributed by atoms with van der Waals surface area (Å²) < 4.78 is 28.3. The van der Waals surface area contributed by atoms with Crippen molar-refractivity contribution >= 4 is 33.2 Å². The second kappa shape index (κ2) is 9.76. The molecular weight excluding hydrogens is 444 g/mol. The molecule has 0 aliphatic heterocycles. The first-order chi connectivity index (χ1) is 15.1. The van der Waals surface area contributed by atoms with Crippen LogP contribution in [0.4, 0.5) is 5.69 Å². The van der Waals surface area contributed by atoms with E-state index >= 15 is 0 Å². The predicted octanol–water partition coefficient (Wildman–Crippen LogP) is 5.12. The molecule has 0 aromatic heterocycles. The number of benzene rings is 3. The van der Waals surface area contributed by atoms with E-state index in [0.717, 1.165) is 21.0 Å². The van der Waals surface area contributed by atoms with E-state index in [1.807, 2.05) is 38.1 Å². The van der Waals surface area contributed by atoms with Crippen molar-refractivity contribution in [1.29, 1.82) is 0 Å². The number of carbonyl (C=O) groups excluding carboxylic acids is 1. The average molecular weight is 471 g/mol. The van der Waals surface area contributed by atoms with Gasteiger partial charge in [-0.05, 0) is 62.2 Å². The van der Waals surface area contributed by atoms with Gasteiger partial charge in [0, 0.05) is 18.6 Å². The average Bonchev–Trinajstić information content (AvgIpc) is 2.74. The van der Waals surface area contributed by atoms with Crippen molar-refractivity contribution in [2.45, 2.75) is 32.2 Å². The molecule has 0 saturated heterocycles. The second-order valence-electron chi connectivity index (χ2n) is 7.99. The van der Waals surface area contributed by atoms with Crippen LogP contribution in [0.1, 0.15) is 22.3 Å². The van der Waals surface area contributed by atoms with E-state index in [1.54, 1.807) is 56.4 Å². The first-order valence-corrected chi connectivity index (χ1v) is 12.0. The summed E-state index contributed by atoms with van der Waals surface area (Å²) in [6.45, 7) is 5.74. The summed E-state index contributed by atoms with van der Waals surface area (Å²) in [5.41, 5.74) is 4.15. The fraction of sp³-hybridized carbons (Fsp3) is 0.240. The van der Waals surface area contributed by atoms with Gasteiger partial charge in [0.25, 0.3) is 10.0 Å². The van der Waals surface area contributed by atoms with Gasteiger partial charge in [0.05, 0.1) is 10.6 Å². The molecule has 0 unspecified atom stereocenters. The Kier molecular flexibility index (Phi) is 7.26. The lowest BCUT2D eigenvalue weighted by Crippen LogP contribution is -2.41. The zero-order valence-electron chi connectivity index (χ0n) is 18.7. The smallest absolute Gasteiger partial charge is 0.264 e. The van der Waals surface area contributed by atoms with E-state index in [9.17, 15) is 13.2 Å². The lowest BCUT2D eigenvalue weighted by atomic mass is 10.1. The van der Waals surface area contributed by atoms with Gasteiger partial charge < -0.3 is 4.90 Å². The van der Waals surface area contributed by atoms with Gasteiger partial charge in [-0.2, -0.15) is 0 Å². The van der Waals surface area contributed by atoms with Crippen LogP contribution in [-0.4, -0.2) is 32.8 Å². The van der Waals surface area contributed by atoms with Gasteiger partial charge in [0.15, 0.2) is 0 Å². The maximum absolute atomic E-state index is 13.6. The molecule has 0 bridgehead atoms. The number of rotatable bonds is 7. The molecule has 0 aliphatic carbocycles. The summed E-state index contributed by atoms with van der Waals surface area (Å²) in [5.74, 6) is -0.310. The lowest BCUT2D eigenvalue weighted by Gasteiger charge is -2.28. The SMILES string of the molecule is Cc1ccc(CN(C)C(=O)CN(c2ccc(Cl)cc2C)S(=O)(=O)c2ccc(C)cc2)cc1. The highest BCUT2D eigenvalue weighted by Gasteiger charge is 2.29. The number of carbonyl (C=O) groups is 1. The van der Waals surface area contributed by atoms with Crippen LogP contribution in [0.15, 0.2) is 71.6 Å². The maximum Gasteiger partial charge on any atom is 0.264 e. The highest BCUT2D eigenvalue weighted by atomic mass is 35.5. The molecule has 1 amide bonds. The molecule has 3 aromatic rings. The summed E-state index contributed by atoms with van der Waals surface area (Å²) in [6, 6.07) is 19.4. The standard InChI is InChI=1S/C25H27ClN2O3S/c1-18-5-9-21(10-6-18)16-27(4)25(29)17-28(24-14-11-22(26)15-20(24)3)32(30,31)23-12-7-19(2)8-13-23/h5-15H,16-17H2,1-4H3. The van der Waals surface area contributed by atoms with E-state index in [0.29, 0.717) is 22.8 Å². The van der Waals surface area contributed by atoms with Crippen molar-refractivity contribution in [3.05, 3.63) is 94.0 Å². The summed E-state index contributed by atoms with van der Waals surface area (Å²) in [7, 11) is -2.30. The highest BCUT2D eigenvalue weighted by molar-refractivity contribution is 7.92. The quantitative estimate of drug-likeness (QED) is 0.481. The van der Waals surface area contributed by atoms with Crippen molar-refractivity contribution in [2.75, 3.05) is 17.9 Å². The van der Waals surface area contributed by atoms with Crippen molar-refractivity contribution in [1.82, 2.24) is 4.90 Å². The van der Waals surface area contributed by atoms with E-state index < -0.39 is 10.0 Å². The molecule has 0 aliphatic rings. The largest absolute Gasteiger partial charge is 0.340 e. The maximum atomic E-state index is 13.6. The molecule has 0 N–H and O–H groups in total.